The lowest BCUT2D eigenvalue weighted by Crippen LogP contribution is -2.37. The average molecular weight is 420 g/mol. The monoisotopic (exact) mass is 419 g/mol. The van der Waals surface area contributed by atoms with E-state index in [4.69, 9.17) is 0 Å². The maximum Gasteiger partial charge on any atom is 0.271 e. The Bertz CT molecular complexity index is 1100. The maximum atomic E-state index is 12.7. The van der Waals surface area contributed by atoms with Gasteiger partial charge in [0.1, 0.15) is 5.69 Å². The van der Waals surface area contributed by atoms with E-state index in [0.29, 0.717) is 35.6 Å². The molecule has 0 bridgehead atoms. The summed E-state index contributed by atoms with van der Waals surface area (Å²) in [6.45, 7) is 3.71. The minimum Gasteiger partial charge on any atom is -0.348 e. The summed E-state index contributed by atoms with van der Waals surface area (Å²) in [5.41, 5.74) is 0.298. The summed E-state index contributed by atoms with van der Waals surface area (Å²) in [7, 11) is -3.55. The van der Waals surface area contributed by atoms with Gasteiger partial charge in [-0.2, -0.15) is 0 Å². The zero-order valence-corrected chi connectivity index (χ0v) is 17.2. The molecule has 1 saturated carbocycles. The Kier molecular flexibility index (Phi) is 4.94. The van der Waals surface area contributed by atoms with Gasteiger partial charge in [0.2, 0.25) is 15.8 Å². The van der Waals surface area contributed by atoms with Crippen molar-refractivity contribution in [1.29, 1.82) is 0 Å². The van der Waals surface area contributed by atoms with E-state index in [2.05, 4.69) is 20.0 Å². The van der Waals surface area contributed by atoms with Crippen LogP contribution < -0.4 is 10.0 Å². The summed E-state index contributed by atoms with van der Waals surface area (Å²) in [4.78, 5) is 22.9. The topological polar surface area (TPSA) is 105 Å². The molecule has 1 aliphatic rings. The second kappa shape index (κ2) is 7.26. The van der Waals surface area contributed by atoms with Crippen LogP contribution in [0.25, 0.3) is 5.78 Å². The molecule has 28 heavy (non-hydrogen) atoms. The number of aromatic nitrogens is 3. The van der Waals surface area contributed by atoms with Gasteiger partial charge in [0.05, 0.1) is 4.90 Å². The van der Waals surface area contributed by atoms with E-state index >= 15 is 0 Å². The number of carbonyl (C=O) groups excluding carboxylic acids is 1. The summed E-state index contributed by atoms with van der Waals surface area (Å²) in [5.74, 6) is 0.189. The lowest BCUT2D eigenvalue weighted by atomic mass is 10.2. The molecule has 1 amide bonds. The van der Waals surface area contributed by atoms with Gasteiger partial charge in [-0.3, -0.25) is 9.20 Å². The smallest absolute Gasteiger partial charge is 0.271 e. The van der Waals surface area contributed by atoms with Crippen LogP contribution in [0.4, 0.5) is 0 Å². The van der Waals surface area contributed by atoms with Gasteiger partial charge in [-0.25, -0.2) is 23.1 Å². The van der Waals surface area contributed by atoms with Gasteiger partial charge >= 0.3 is 0 Å². The number of nitrogens with zero attached hydrogens (tertiary/aromatic N) is 3. The van der Waals surface area contributed by atoms with Gasteiger partial charge in [-0.05, 0) is 45.2 Å². The van der Waals surface area contributed by atoms with Crippen LogP contribution in [0.15, 0.2) is 35.6 Å². The minimum atomic E-state index is -3.55. The number of carbonyl (C=O) groups is 1. The highest BCUT2D eigenvalue weighted by Crippen LogP contribution is 2.27. The second-order valence-electron chi connectivity index (χ2n) is 7.03. The zero-order chi connectivity index (χ0) is 19.9. The van der Waals surface area contributed by atoms with E-state index in [1.807, 2.05) is 13.8 Å². The first-order chi connectivity index (χ1) is 13.3. The van der Waals surface area contributed by atoms with Crippen molar-refractivity contribution in [1.82, 2.24) is 24.4 Å². The molecule has 3 aromatic heterocycles. The van der Waals surface area contributed by atoms with Crippen LogP contribution in [0.5, 0.6) is 0 Å². The van der Waals surface area contributed by atoms with Crippen LogP contribution in [-0.2, 0) is 10.0 Å². The summed E-state index contributed by atoms with van der Waals surface area (Å²) in [5, 5.41) is 2.95. The molecule has 0 radical (unpaired) electrons. The molecule has 2 N–H and O–H groups in total. The molecule has 0 spiro atoms. The number of nitrogens with one attached hydrogen (secondary N) is 2. The molecule has 2 atom stereocenters. The number of hydrogen-bond acceptors (Lipinski definition) is 6. The van der Waals surface area contributed by atoms with Crippen LogP contribution in [0.2, 0.25) is 0 Å². The predicted octanol–water partition coefficient (Wildman–Crippen LogP) is 2.04. The molecule has 3 aromatic rings. The van der Waals surface area contributed by atoms with Gasteiger partial charge < -0.3 is 5.32 Å². The van der Waals surface area contributed by atoms with Gasteiger partial charge in [0.15, 0.2) is 0 Å². The molecule has 4 rings (SSSR count). The fourth-order valence-electron chi connectivity index (χ4n) is 3.58. The van der Waals surface area contributed by atoms with E-state index in [-0.39, 0.29) is 18.0 Å². The van der Waals surface area contributed by atoms with Crippen LogP contribution in [0, 0.1) is 13.8 Å². The zero-order valence-electron chi connectivity index (χ0n) is 15.5. The summed E-state index contributed by atoms with van der Waals surface area (Å²) in [6.07, 6.45) is 6.98. The van der Waals surface area contributed by atoms with Crippen LogP contribution >= 0.6 is 11.3 Å². The summed E-state index contributed by atoms with van der Waals surface area (Å²) >= 11 is 1.47. The van der Waals surface area contributed by atoms with Gasteiger partial charge in [-0.1, -0.05) is 0 Å². The molecule has 3 heterocycles. The SMILES string of the molecule is Cc1cc(S(=O)(=O)N[C@H]2CC[C@@H](NC(=O)c3cn4cccnc4n3)C2)c(C)s1. The van der Waals surface area contributed by atoms with Crippen LogP contribution in [0.1, 0.15) is 39.5 Å². The Morgan fingerprint density at radius 1 is 1.29 bits per heavy atom. The van der Waals surface area contributed by atoms with Crippen molar-refractivity contribution < 1.29 is 13.2 Å². The number of thiophene rings is 1. The molecular formula is C18H21N5O3S2. The van der Waals surface area contributed by atoms with Gasteiger partial charge in [0, 0.05) is 40.4 Å². The molecule has 0 aliphatic heterocycles. The molecule has 0 unspecified atom stereocenters. The van der Waals surface area contributed by atoms with Gasteiger partial charge in [0.25, 0.3) is 5.91 Å². The Morgan fingerprint density at radius 2 is 2.07 bits per heavy atom. The maximum absolute atomic E-state index is 12.7. The van der Waals surface area contributed by atoms with Crippen LogP contribution in [0.3, 0.4) is 0 Å². The number of rotatable bonds is 5. The molecular weight excluding hydrogens is 398 g/mol. The molecule has 0 saturated heterocycles. The fourth-order valence-corrected chi connectivity index (χ4v) is 6.41. The lowest BCUT2D eigenvalue weighted by molar-refractivity contribution is 0.0933. The van der Waals surface area contributed by atoms with E-state index < -0.39 is 10.0 Å². The van der Waals surface area contributed by atoms with Gasteiger partial charge in [-0.15, -0.1) is 11.3 Å². The Morgan fingerprint density at radius 3 is 2.79 bits per heavy atom. The molecule has 148 valence electrons. The van der Waals surface area contributed by atoms with Crippen molar-refractivity contribution in [3.05, 3.63) is 46.2 Å². The fraction of sp³-hybridized carbons (Fsp3) is 0.389. The van der Waals surface area contributed by atoms with Crippen molar-refractivity contribution in [3.8, 4) is 0 Å². The number of imidazole rings is 1. The minimum absolute atomic E-state index is 0.0942. The summed E-state index contributed by atoms with van der Waals surface area (Å²) < 4.78 is 29.8. The van der Waals surface area contributed by atoms with Crippen molar-refractivity contribution in [3.63, 3.8) is 0 Å². The van der Waals surface area contributed by atoms with Crippen molar-refractivity contribution in [2.75, 3.05) is 0 Å². The standard InChI is InChI=1S/C18H21N5O3S2/c1-11-8-16(12(2)27-11)28(25,26)22-14-5-4-13(9-14)20-17(24)15-10-23-7-3-6-19-18(23)21-15/h3,6-8,10,13-14,22H,4-5,9H2,1-2H3,(H,20,24)/t13-,14+/m1/s1. The Labute approximate surface area is 167 Å². The number of hydrogen-bond donors (Lipinski definition) is 2. The van der Waals surface area contributed by atoms with E-state index in [1.54, 1.807) is 35.1 Å². The first-order valence-electron chi connectivity index (χ1n) is 9.02. The first kappa shape index (κ1) is 19.0. The third-order valence-electron chi connectivity index (χ3n) is 4.84. The Hall–Kier alpha value is -2.30. The average Bonchev–Trinajstić information content (AvgIpc) is 3.33. The molecule has 1 aliphatic carbocycles. The highest BCUT2D eigenvalue weighted by molar-refractivity contribution is 7.89. The van der Waals surface area contributed by atoms with E-state index in [1.165, 1.54) is 11.3 Å². The first-order valence-corrected chi connectivity index (χ1v) is 11.3. The van der Waals surface area contributed by atoms with E-state index in [9.17, 15) is 13.2 Å². The quantitative estimate of drug-likeness (QED) is 0.658. The lowest BCUT2D eigenvalue weighted by Gasteiger charge is -2.14. The summed E-state index contributed by atoms with van der Waals surface area (Å²) in [6, 6.07) is 3.18. The number of fused-ring (bicyclic) bond motifs is 1. The number of sulfonamides is 1. The van der Waals surface area contributed by atoms with Crippen molar-refractivity contribution in [2.24, 2.45) is 0 Å². The number of amides is 1. The molecule has 1 fully saturated rings. The highest BCUT2D eigenvalue weighted by atomic mass is 32.2. The third-order valence-corrected chi connectivity index (χ3v) is 7.58. The largest absolute Gasteiger partial charge is 0.348 e. The highest BCUT2D eigenvalue weighted by Gasteiger charge is 2.31. The van der Waals surface area contributed by atoms with Crippen molar-refractivity contribution >= 4 is 33.0 Å². The predicted molar refractivity (Wildman–Crippen MR) is 106 cm³/mol. The van der Waals surface area contributed by atoms with E-state index in [0.717, 1.165) is 9.75 Å². The Balaban J connectivity index is 1.38. The molecule has 8 nitrogen and oxygen atoms in total. The second-order valence-corrected chi connectivity index (χ2v) is 10.2. The van der Waals surface area contributed by atoms with Crippen LogP contribution in [-0.4, -0.2) is 40.8 Å². The van der Waals surface area contributed by atoms with Crippen molar-refractivity contribution in [2.45, 2.75) is 50.1 Å². The molecule has 10 heteroatoms. The normalized spacial score (nSPS) is 19.9. The third kappa shape index (κ3) is 3.80. The molecule has 0 aromatic carbocycles. The number of aryl methyl sites for hydroxylation is 2.